The van der Waals surface area contributed by atoms with Crippen LogP contribution < -0.4 is 19.1 Å². The standard InChI is InChI=1S/C20H24N2O5S/c1-26-17-8-4-15(5-9-17)6-11-20(23)21-18-10-7-16(14-19(18)27-2)22-12-3-13-28(22,24)25/h4-5,7-10,14H,3,6,11-13H2,1-2H3,(H,21,23). The van der Waals surface area contributed by atoms with E-state index in [1.54, 1.807) is 25.3 Å². The highest BCUT2D eigenvalue weighted by Gasteiger charge is 2.29. The van der Waals surface area contributed by atoms with Gasteiger partial charge in [0.2, 0.25) is 15.9 Å². The number of methoxy groups -OCH3 is 2. The quantitative estimate of drug-likeness (QED) is 0.767. The number of hydrogen-bond acceptors (Lipinski definition) is 5. The molecular weight excluding hydrogens is 380 g/mol. The zero-order valence-electron chi connectivity index (χ0n) is 16.0. The second-order valence-electron chi connectivity index (χ2n) is 6.52. The van der Waals surface area contributed by atoms with Crippen molar-refractivity contribution in [2.75, 3.05) is 36.1 Å². The van der Waals surface area contributed by atoms with Crippen molar-refractivity contribution in [3.8, 4) is 11.5 Å². The van der Waals surface area contributed by atoms with Crippen LogP contribution in [-0.2, 0) is 21.2 Å². The Morgan fingerprint density at radius 1 is 1.11 bits per heavy atom. The molecule has 1 amide bonds. The smallest absolute Gasteiger partial charge is 0.235 e. The molecule has 2 aromatic carbocycles. The third-order valence-corrected chi connectivity index (χ3v) is 6.52. The summed E-state index contributed by atoms with van der Waals surface area (Å²) >= 11 is 0. The molecule has 1 heterocycles. The van der Waals surface area contributed by atoms with Gasteiger partial charge in [-0.1, -0.05) is 12.1 Å². The van der Waals surface area contributed by atoms with Gasteiger partial charge in [-0.25, -0.2) is 8.42 Å². The highest BCUT2D eigenvalue weighted by molar-refractivity contribution is 7.93. The molecule has 0 spiro atoms. The van der Waals surface area contributed by atoms with E-state index in [9.17, 15) is 13.2 Å². The molecule has 0 aliphatic carbocycles. The number of carbonyl (C=O) groups is 1. The summed E-state index contributed by atoms with van der Waals surface area (Å²) in [6.07, 6.45) is 1.52. The number of carbonyl (C=O) groups excluding carboxylic acids is 1. The minimum absolute atomic E-state index is 0.143. The molecule has 28 heavy (non-hydrogen) atoms. The van der Waals surface area contributed by atoms with E-state index in [-0.39, 0.29) is 11.7 Å². The van der Waals surface area contributed by atoms with Crippen LogP contribution in [0.5, 0.6) is 11.5 Å². The van der Waals surface area contributed by atoms with Crippen molar-refractivity contribution in [3.05, 3.63) is 48.0 Å². The third-order valence-electron chi connectivity index (χ3n) is 4.65. The molecule has 0 unspecified atom stereocenters. The minimum atomic E-state index is -3.26. The molecule has 1 fully saturated rings. The first-order valence-electron chi connectivity index (χ1n) is 9.04. The Morgan fingerprint density at radius 2 is 1.86 bits per heavy atom. The molecule has 1 saturated heterocycles. The monoisotopic (exact) mass is 404 g/mol. The summed E-state index contributed by atoms with van der Waals surface area (Å²) in [4.78, 5) is 12.3. The number of nitrogens with one attached hydrogen (secondary N) is 1. The Bertz CT molecular complexity index is 942. The molecule has 1 aliphatic heterocycles. The highest BCUT2D eigenvalue weighted by atomic mass is 32.2. The van der Waals surface area contributed by atoms with E-state index < -0.39 is 10.0 Å². The van der Waals surface area contributed by atoms with E-state index >= 15 is 0 Å². The molecule has 0 atom stereocenters. The van der Waals surface area contributed by atoms with Gasteiger partial charge in [-0.3, -0.25) is 9.10 Å². The maximum absolute atomic E-state index is 12.3. The Morgan fingerprint density at radius 3 is 2.46 bits per heavy atom. The molecule has 7 nitrogen and oxygen atoms in total. The predicted octanol–water partition coefficient (Wildman–Crippen LogP) is 2.82. The zero-order valence-corrected chi connectivity index (χ0v) is 16.8. The molecule has 0 saturated carbocycles. The van der Waals surface area contributed by atoms with Crippen LogP contribution in [0.1, 0.15) is 18.4 Å². The van der Waals surface area contributed by atoms with Crippen LogP contribution in [0.25, 0.3) is 0 Å². The molecule has 3 rings (SSSR count). The van der Waals surface area contributed by atoms with Gasteiger partial charge in [0.25, 0.3) is 0 Å². The van der Waals surface area contributed by atoms with Gasteiger partial charge in [-0.05, 0) is 42.7 Å². The second kappa shape index (κ2) is 8.52. The summed E-state index contributed by atoms with van der Waals surface area (Å²) in [6.45, 7) is 0.457. The first-order valence-corrected chi connectivity index (χ1v) is 10.6. The fourth-order valence-electron chi connectivity index (χ4n) is 3.13. The summed E-state index contributed by atoms with van der Waals surface area (Å²) in [5, 5.41) is 2.84. The average molecular weight is 404 g/mol. The zero-order chi connectivity index (χ0) is 20.1. The van der Waals surface area contributed by atoms with Crippen LogP contribution in [-0.4, -0.2) is 40.8 Å². The molecule has 0 bridgehead atoms. The number of amides is 1. The van der Waals surface area contributed by atoms with E-state index in [1.165, 1.54) is 11.4 Å². The van der Waals surface area contributed by atoms with Crippen molar-refractivity contribution in [1.29, 1.82) is 0 Å². The topological polar surface area (TPSA) is 84.9 Å². The number of rotatable bonds is 7. The van der Waals surface area contributed by atoms with Gasteiger partial charge in [0.15, 0.2) is 0 Å². The van der Waals surface area contributed by atoms with E-state index in [0.717, 1.165) is 11.3 Å². The van der Waals surface area contributed by atoms with Crippen LogP contribution in [0.15, 0.2) is 42.5 Å². The Balaban J connectivity index is 1.65. The summed E-state index contributed by atoms with van der Waals surface area (Å²) < 4.78 is 36.0. The van der Waals surface area contributed by atoms with Crippen LogP contribution in [0.3, 0.4) is 0 Å². The van der Waals surface area contributed by atoms with Gasteiger partial charge < -0.3 is 14.8 Å². The lowest BCUT2D eigenvalue weighted by atomic mass is 10.1. The summed E-state index contributed by atoms with van der Waals surface area (Å²) in [5.41, 5.74) is 2.10. The van der Waals surface area contributed by atoms with Gasteiger partial charge in [-0.2, -0.15) is 0 Å². The highest BCUT2D eigenvalue weighted by Crippen LogP contribution is 2.33. The van der Waals surface area contributed by atoms with Gasteiger partial charge >= 0.3 is 0 Å². The van der Waals surface area contributed by atoms with Crippen LogP contribution in [0.2, 0.25) is 0 Å². The molecule has 1 aliphatic rings. The van der Waals surface area contributed by atoms with Gasteiger partial charge in [-0.15, -0.1) is 0 Å². The lowest BCUT2D eigenvalue weighted by molar-refractivity contribution is -0.116. The Kier molecular flexibility index (Phi) is 6.08. The molecule has 0 aromatic heterocycles. The van der Waals surface area contributed by atoms with Crippen molar-refractivity contribution < 1.29 is 22.7 Å². The summed E-state index contributed by atoms with van der Waals surface area (Å²) in [6, 6.07) is 12.6. The van der Waals surface area contributed by atoms with Gasteiger partial charge in [0.1, 0.15) is 11.5 Å². The number of nitrogens with zero attached hydrogens (tertiary/aromatic N) is 1. The molecule has 0 radical (unpaired) electrons. The van der Waals surface area contributed by atoms with Crippen molar-refractivity contribution >= 4 is 27.3 Å². The Labute approximate surface area is 165 Å². The fourth-order valence-corrected chi connectivity index (χ4v) is 4.69. The molecule has 8 heteroatoms. The second-order valence-corrected chi connectivity index (χ2v) is 8.54. The van der Waals surface area contributed by atoms with Crippen LogP contribution in [0, 0.1) is 0 Å². The van der Waals surface area contributed by atoms with Crippen molar-refractivity contribution in [2.45, 2.75) is 19.3 Å². The number of benzene rings is 2. The number of aryl methyl sites for hydroxylation is 1. The van der Waals surface area contributed by atoms with E-state index in [2.05, 4.69) is 5.32 Å². The molecule has 2 aromatic rings. The van der Waals surface area contributed by atoms with Crippen molar-refractivity contribution in [3.63, 3.8) is 0 Å². The van der Waals surface area contributed by atoms with Gasteiger partial charge in [0, 0.05) is 19.0 Å². The van der Waals surface area contributed by atoms with Crippen molar-refractivity contribution in [1.82, 2.24) is 0 Å². The van der Waals surface area contributed by atoms with Crippen LogP contribution in [0.4, 0.5) is 11.4 Å². The fraction of sp³-hybridized carbons (Fsp3) is 0.350. The normalized spacial score (nSPS) is 15.3. The number of sulfonamides is 1. The maximum Gasteiger partial charge on any atom is 0.235 e. The van der Waals surface area contributed by atoms with E-state index in [1.807, 2.05) is 24.3 Å². The van der Waals surface area contributed by atoms with E-state index in [0.29, 0.717) is 42.9 Å². The first kappa shape index (κ1) is 20.0. The third kappa shape index (κ3) is 4.56. The lowest BCUT2D eigenvalue weighted by Gasteiger charge is -2.19. The predicted molar refractivity (Wildman–Crippen MR) is 109 cm³/mol. The number of hydrogen-bond donors (Lipinski definition) is 1. The van der Waals surface area contributed by atoms with E-state index in [4.69, 9.17) is 9.47 Å². The molecule has 150 valence electrons. The maximum atomic E-state index is 12.3. The molecular formula is C20H24N2O5S. The average Bonchev–Trinajstić information content (AvgIpc) is 3.06. The van der Waals surface area contributed by atoms with Crippen LogP contribution >= 0.6 is 0 Å². The van der Waals surface area contributed by atoms with Crippen molar-refractivity contribution in [2.24, 2.45) is 0 Å². The lowest BCUT2D eigenvalue weighted by Crippen LogP contribution is -2.25. The summed E-state index contributed by atoms with van der Waals surface area (Å²) in [5.74, 6) is 1.21. The SMILES string of the molecule is COc1ccc(CCC(=O)Nc2ccc(N3CCCS3(=O)=O)cc2OC)cc1. The number of anilines is 2. The first-order chi connectivity index (χ1) is 13.4. The largest absolute Gasteiger partial charge is 0.497 e. The molecule has 1 N–H and O–H groups in total. The van der Waals surface area contributed by atoms with Gasteiger partial charge in [0.05, 0.1) is 31.3 Å². The Hall–Kier alpha value is -2.74. The summed E-state index contributed by atoms with van der Waals surface area (Å²) in [7, 11) is -0.162. The number of ether oxygens (including phenoxy) is 2. The minimum Gasteiger partial charge on any atom is -0.497 e.